The van der Waals surface area contributed by atoms with Gasteiger partial charge >= 0.3 is 11.9 Å². The van der Waals surface area contributed by atoms with E-state index in [1.54, 1.807) is 0 Å². The summed E-state index contributed by atoms with van der Waals surface area (Å²) in [5, 5.41) is 0. The Morgan fingerprint density at radius 1 is 0.405 bits per heavy atom. The Morgan fingerprint density at radius 2 is 0.743 bits per heavy atom. The molecule has 388 valence electrons. The number of ether oxygens (including phenoxy) is 2. The average molecular weight is 989 g/mol. The lowest BCUT2D eigenvalue weighted by atomic mass is 9.77. The van der Waals surface area contributed by atoms with Crippen LogP contribution in [0.2, 0.25) is 0 Å². The van der Waals surface area contributed by atoms with Crippen LogP contribution in [0.25, 0.3) is 33.4 Å². The van der Waals surface area contributed by atoms with Crippen molar-refractivity contribution in [2.24, 2.45) is 11.8 Å². The Kier molecular flexibility index (Phi) is 18.8. The molecule has 0 saturated heterocycles. The van der Waals surface area contributed by atoms with Crippen LogP contribution in [-0.2, 0) is 25.7 Å². The summed E-state index contributed by atoms with van der Waals surface area (Å²) in [7, 11) is 0. The number of carbonyl (C=O) groups is 2. The van der Waals surface area contributed by atoms with Crippen molar-refractivity contribution >= 4 is 11.9 Å². The van der Waals surface area contributed by atoms with E-state index in [4.69, 9.17) is 9.47 Å². The number of hydrogen-bond acceptors (Lipinski definition) is 4. The number of rotatable bonds is 17. The standard InChI is InChI=1S/C68H78O4.C2H6/c1-3-5-7-13-47-19-23-49(24-20-47)51-27-31-53(32-28-51)55-35-39-59(40-36-55)67(69)71-63-45-43-57-15-9-11-17-61(57)65(63)66-62-18-12-10-16-58(62)44-46-64(66)72-68(70)60-41-37-56(38-42-60)54-33-29-52(30-34-54)50-25-21-48(22-26-50)14-8-6-4-2;1-2/h27-50H,3-26H2,1-2H3;1-2H3. The summed E-state index contributed by atoms with van der Waals surface area (Å²) in [5.41, 5.74) is 15.2. The minimum absolute atomic E-state index is 0.391. The van der Waals surface area contributed by atoms with E-state index in [0.717, 1.165) is 96.6 Å². The summed E-state index contributed by atoms with van der Waals surface area (Å²) < 4.78 is 13.0. The molecule has 0 aromatic heterocycles. The van der Waals surface area contributed by atoms with E-state index < -0.39 is 11.9 Å². The van der Waals surface area contributed by atoms with Gasteiger partial charge in [-0.3, -0.25) is 0 Å². The molecule has 2 fully saturated rings. The van der Waals surface area contributed by atoms with E-state index in [1.807, 2.05) is 74.5 Å². The van der Waals surface area contributed by atoms with E-state index in [0.29, 0.717) is 34.5 Å². The Labute approximate surface area is 445 Å². The third-order valence-electron chi connectivity index (χ3n) is 17.4. The second kappa shape index (κ2) is 26.2. The molecule has 2 saturated carbocycles. The van der Waals surface area contributed by atoms with Gasteiger partial charge in [-0.05, 0) is 218 Å². The Bertz CT molecular complexity index is 2550. The molecule has 0 unspecified atom stereocenters. The van der Waals surface area contributed by atoms with Crippen LogP contribution < -0.4 is 9.47 Å². The van der Waals surface area contributed by atoms with Gasteiger partial charge in [-0.25, -0.2) is 9.59 Å². The van der Waals surface area contributed by atoms with Gasteiger partial charge < -0.3 is 9.47 Å². The van der Waals surface area contributed by atoms with Gasteiger partial charge in [0, 0.05) is 11.1 Å². The molecule has 10 rings (SSSR count). The molecule has 6 aromatic rings. The first-order valence-corrected chi connectivity index (χ1v) is 29.6. The molecule has 4 nitrogen and oxygen atoms in total. The summed E-state index contributed by atoms with van der Waals surface area (Å²) in [6, 6.07) is 42.2. The number of fused-ring (bicyclic) bond motifs is 2. The molecule has 4 aliphatic rings. The van der Waals surface area contributed by atoms with Crippen LogP contribution in [0.5, 0.6) is 11.5 Å². The fraction of sp³-hybridized carbons (Fsp3) is 0.457. The first kappa shape index (κ1) is 53.1. The molecule has 4 heteroatoms. The van der Waals surface area contributed by atoms with Gasteiger partial charge in [0.25, 0.3) is 0 Å². The van der Waals surface area contributed by atoms with Crippen molar-refractivity contribution in [1.29, 1.82) is 0 Å². The Hall–Kier alpha value is -5.74. The maximum Gasteiger partial charge on any atom is 0.343 e. The second-order valence-corrected chi connectivity index (χ2v) is 22.2. The number of unbranched alkanes of at least 4 members (excludes halogenated alkanes) is 4. The normalized spacial score (nSPS) is 19.3. The summed E-state index contributed by atoms with van der Waals surface area (Å²) in [4.78, 5) is 28.5. The molecule has 0 heterocycles. The SMILES string of the molecule is CC.CCCCCC1CCC(c2ccc(-c3ccc(C(=O)Oc4ccc5c(c4-c4c(OC(=O)c6ccc(-c7ccc(C8CCC(CCCCC)CC8)cc7)cc6)ccc6c4CCCC6)CCCC5)cc3)cc2)CC1. The summed E-state index contributed by atoms with van der Waals surface area (Å²) in [6.45, 7) is 8.59. The van der Waals surface area contributed by atoms with Crippen molar-refractivity contribution in [2.75, 3.05) is 0 Å². The Balaban J connectivity index is 0.00000332. The molecule has 0 atom stereocenters. The largest absolute Gasteiger partial charge is 0.422 e. The number of aryl methyl sites for hydroxylation is 2. The van der Waals surface area contributed by atoms with Crippen LogP contribution in [0.3, 0.4) is 0 Å². The molecule has 0 radical (unpaired) electrons. The summed E-state index contributed by atoms with van der Waals surface area (Å²) >= 11 is 0. The van der Waals surface area contributed by atoms with Gasteiger partial charge in [0.2, 0.25) is 0 Å². The molecular weight excluding hydrogens is 905 g/mol. The number of esters is 2. The van der Waals surface area contributed by atoms with Crippen LogP contribution in [0.1, 0.15) is 222 Å². The zero-order valence-electron chi connectivity index (χ0n) is 45.5. The molecule has 74 heavy (non-hydrogen) atoms. The maximum atomic E-state index is 14.2. The van der Waals surface area contributed by atoms with Gasteiger partial charge in [-0.15, -0.1) is 0 Å². The topological polar surface area (TPSA) is 52.6 Å². The first-order chi connectivity index (χ1) is 36.4. The van der Waals surface area contributed by atoms with Gasteiger partial charge in [-0.1, -0.05) is 164 Å². The second-order valence-electron chi connectivity index (χ2n) is 22.2. The lowest BCUT2D eigenvalue weighted by molar-refractivity contribution is 0.0723. The molecule has 0 N–H and O–H groups in total. The highest BCUT2D eigenvalue weighted by Gasteiger charge is 2.29. The number of hydrogen-bond donors (Lipinski definition) is 0. The van der Waals surface area contributed by atoms with Crippen molar-refractivity contribution in [3.63, 3.8) is 0 Å². The lowest BCUT2D eigenvalue weighted by Crippen LogP contribution is -2.15. The first-order valence-electron chi connectivity index (χ1n) is 29.6. The van der Waals surface area contributed by atoms with Gasteiger partial charge in [0.1, 0.15) is 11.5 Å². The van der Waals surface area contributed by atoms with Crippen molar-refractivity contribution in [2.45, 2.75) is 194 Å². The van der Waals surface area contributed by atoms with Gasteiger partial charge in [0.05, 0.1) is 11.1 Å². The molecule has 0 aliphatic heterocycles. The zero-order valence-corrected chi connectivity index (χ0v) is 45.5. The summed E-state index contributed by atoms with van der Waals surface area (Å²) in [6.07, 6.45) is 29.5. The smallest absolute Gasteiger partial charge is 0.343 e. The minimum Gasteiger partial charge on any atom is -0.422 e. The van der Waals surface area contributed by atoms with Crippen molar-refractivity contribution in [3.05, 3.63) is 166 Å². The molecule has 0 bridgehead atoms. The maximum absolute atomic E-state index is 14.2. The van der Waals surface area contributed by atoms with Crippen molar-refractivity contribution in [1.82, 2.24) is 0 Å². The van der Waals surface area contributed by atoms with E-state index in [9.17, 15) is 9.59 Å². The van der Waals surface area contributed by atoms with Crippen LogP contribution >= 0.6 is 0 Å². The molecule has 4 aliphatic carbocycles. The van der Waals surface area contributed by atoms with Gasteiger partial charge in [0.15, 0.2) is 0 Å². The molecular formula is C70H84O4. The van der Waals surface area contributed by atoms with Crippen LogP contribution in [0.4, 0.5) is 0 Å². The monoisotopic (exact) mass is 989 g/mol. The molecule has 0 spiro atoms. The quantitative estimate of drug-likeness (QED) is 0.0519. The van der Waals surface area contributed by atoms with E-state index >= 15 is 0 Å². The predicted molar refractivity (Wildman–Crippen MR) is 308 cm³/mol. The van der Waals surface area contributed by atoms with E-state index in [2.05, 4.69) is 74.5 Å². The Morgan fingerprint density at radius 3 is 1.09 bits per heavy atom. The van der Waals surface area contributed by atoms with E-state index in [1.165, 1.54) is 136 Å². The van der Waals surface area contributed by atoms with Crippen LogP contribution in [0.15, 0.2) is 121 Å². The van der Waals surface area contributed by atoms with Crippen molar-refractivity contribution < 1.29 is 19.1 Å². The van der Waals surface area contributed by atoms with Gasteiger partial charge in [-0.2, -0.15) is 0 Å². The van der Waals surface area contributed by atoms with E-state index in [-0.39, 0.29) is 0 Å². The van der Waals surface area contributed by atoms with Crippen LogP contribution in [-0.4, -0.2) is 11.9 Å². The molecule has 6 aromatic carbocycles. The third kappa shape index (κ3) is 12.8. The zero-order chi connectivity index (χ0) is 51.2. The fourth-order valence-electron chi connectivity index (χ4n) is 13.1. The lowest BCUT2D eigenvalue weighted by Gasteiger charge is -2.29. The highest BCUT2D eigenvalue weighted by atomic mass is 16.5. The van der Waals surface area contributed by atoms with Crippen molar-refractivity contribution in [3.8, 4) is 44.9 Å². The fourth-order valence-corrected chi connectivity index (χ4v) is 13.1. The highest BCUT2D eigenvalue weighted by Crippen LogP contribution is 2.48. The highest BCUT2D eigenvalue weighted by molar-refractivity contribution is 5.96. The summed E-state index contributed by atoms with van der Waals surface area (Å²) in [5.74, 6) is 3.39. The predicted octanol–water partition coefficient (Wildman–Crippen LogP) is 19.6. The van der Waals surface area contributed by atoms with Crippen LogP contribution in [0, 0.1) is 11.8 Å². The number of benzene rings is 6. The average Bonchev–Trinajstić information content (AvgIpc) is 3.47. The number of carbonyl (C=O) groups excluding carboxylic acids is 2. The minimum atomic E-state index is -0.391. The molecule has 0 amide bonds. The third-order valence-corrected chi connectivity index (χ3v) is 17.4.